The zero-order valence-corrected chi connectivity index (χ0v) is 15.2. The van der Waals surface area contributed by atoms with Crippen LogP contribution >= 0.6 is 0 Å². The predicted octanol–water partition coefficient (Wildman–Crippen LogP) is 2.16. The monoisotopic (exact) mass is 342 g/mol. The van der Waals surface area contributed by atoms with Crippen LogP contribution in [0, 0.1) is 13.8 Å². The summed E-state index contributed by atoms with van der Waals surface area (Å²) < 4.78 is 7.32. The van der Waals surface area contributed by atoms with Crippen molar-refractivity contribution < 1.29 is 9.53 Å². The van der Waals surface area contributed by atoms with Crippen molar-refractivity contribution in [1.82, 2.24) is 15.1 Å². The lowest BCUT2D eigenvalue weighted by atomic mass is 10.2. The highest BCUT2D eigenvalue weighted by Crippen LogP contribution is 2.22. The molecule has 1 amide bonds. The zero-order valence-electron chi connectivity index (χ0n) is 15.2. The molecule has 0 radical (unpaired) electrons. The number of anilines is 1. The van der Waals surface area contributed by atoms with Crippen LogP contribution in [0.15, 0.2) is 30.3 Å². The number of amides is 1. The van der Waals surface area contributed by atoms with Crippen molar-refractivity contribution in [3.8, 4) is 0 Å². The number of aryl methyl sites for hydroxylation is 2. The van der Waals surface area contributed by atoms with Crippen molar-refractivity contribution in [3.05, 3.63) is 47.3 Å². The summed E-state index contributed by atoms with van der Waals surface area (Å²) in [5.74, 6) is -0.0516. The first-order valence-corrected chi connectivity index (χ1v) is 8.74. The lowest BCUT2D eigenvalue weighted by Crippen LogP contribution is -2.28. The normalized spacial score (nSPS) is 17.1. The van der Waals surface area contributed by atoms with Gasteiger partial charge < -0.3 is 15.0 Å². The molecule has 3 rings (SSSR count). The Morgan fingerprint density at radius 2 is 2.08 bits per heavy atom. The molecule has 6 heteroatoms. The highest BCUT2D eigenvalue weighted by molar-refractivity contribution is 5.94. The van der Waals surface area contributed by atoms with Crippen LogP contribution in [0.25, 0.3) is 0 Å². The molecule has 2 aromatic rings. The molecule has 0 bridgehead atoms. The van der Waals surface area contributed by atoms with E-state index in [4.69, 9.17) is 4.74 Å². The third-order valence-electron chi connectivity index (χ3n) is 4.69. The van der Waals surface area contributed by atoms with Crippen LogP contribution in [0.3, 0.4) is 0 Å². The molecule has 1 N–H and O–H groups in total. The Morgan fingerprint density at radius 3 is 2.68 bits per heavy atom. The minimum atomic E-state index is -0.0516. The van der Waals surface area contributed by atoms with Crippen molar-refractivity contribution in [1.29, 1.82) is 0 Å². The number of methoxy groups -OCH3 is 1. The first kappa shape index (κ1) is 17.5. The van der Waals surface area contributed by atoms with Crippen LogP contribution < -0.4 is 10.2 Å². The first-order valence-electron chi connectivity index (χ1n) is 8.74. The number of hydrogen-bond donors (Lipinski definition) is 1. The highest BCUT2D eigenvalue weighted by Gasteiger charge is 2.22. The number of carbonyl (C=O) groups excluding carboxylic acids is 1. The SMILES string of the molecule is COC1CCN(c2ccc(C(=O)NCCn3nc(C)cc3C)cc2)C1. The Bertz CT molecular complexity index is 724. The van der Waals surface area contributed by atoms with Crippen LogP contribution in [0.1, 0.15) is 28.2 Å². The summed E-state index contributed by atoms with van der Waals surface area (Å²) in [7, 11) is 1.76. The van der Waals surface area contributed by atoms with E-state index in [0.717, 1.165) is 36.6 Å². The molecule has 1 aromatic carbocycles. The van der Waals surface area contributed by atoms with E-state index >= 15 is 0 Å². The first-order chi connectivity index (χ1) is 12.1. The number of aromatic nitrogens is 2. The van der Waals surface area contributed by atoms with Crippen molar-refractivity contribution in [2.24, 2.45) is 0 Å². The third kappa shape index (κ3) is 4.20. The molecular weight excluding hydrogens is 316 g/mol. The Kier molecular flexibility index (Phi) is 5.38. The van der Waals surface area contributed by atoms with Gasteiger partial charge in [0.05, 0.1) is 18.3 Å². The van der Waals surface area contributed by atoms with Gasteiger partial charge in [-0.1, -0.05) is 0 Å². The molecule has 2 heterocycles. The van der Waals surface area contributed by atoms with Gasteiger partial charge in [-0.25, -0.2) is 0 Å². The highest BCUT2D eigenvalue weighted by atomic mass is 16.5. The second-order valence-electron chi connectivity index (χ2n) is 6.55. The van der Waals surface area contributed by atoms with Crippen molar-refractivity contribution in [2.75, 3.05) is 31.6 Å². The van der Waals surface area contributed by atoms with E-state index in [1.807, 2.05) is 48.9 Å². The van der Waals surface area contributed by atoms with E-state index in [-0.39, 0.29) is 5.91 Å². The second kappa shape index (κ2) is 7.70. The number of ether oxygens (including phenoxy) is 1. The summed E-state index contributed by atoms with van der Waals surface area (Å²) in [6, 6.07) is 9.82. The van der Waals surface area contributed by atoms with Gasteiger partial charge in [-0.3, -0.25) is 9.48 Å². The quantitative estimate of drug-likeness (QED) is 0.874. The molecule has 1 aliphatic rings. The Morgan fingerprint density at radius 1 is 1.32 bits per heavy atom. The van der Waals surface area contributed by atoms with Gasteiger partial charge in [-0.05, 0) is 50.6 Å². The van der Waals surface area contributed by atoms with Gasteiger partial charge in [0.15, 0.2) is 0 Å². The summed E-state index contributed by atoms with van der Waals surface area (Å²) >= 11 is 0. The average molecular weight is 342 g/mol. The van der Waals surface area contributed by atoms with Crippen LogP contribution in [0.5, 0.6) is 0 Å². The van der Waals surface area contributed by atoms with Gasteiger partial charge in [-0.15, -0.1) is 0 Å². The molecule has 1 fully saturated rings. The van der Waals surface area contributed by atoms with E-state index in [1.165, 1.54) is 0 Å². The molecular formula is C19H26N4O2. The maximum atomic E-state index is 12.3. The van der Waals surface area contributed by atoms with Crippen LogP contribution in [0.4, 0.5) is 5.69 Å². The lowest BCUT2D eigenvalue weighted by Gasteiger charge is -2.18. The molecule has 1 unspecified atom stereocenters. The molecule has 1 atom stereocenters. The summed E-state index contributed by atoms with van der Waals surface area (Å²) in [4.78, 5) is 14.6. The number of nitrogens with zero attached hydrogens (tertiary/aromatic N) is 3. The fourth-order valence-electron chi connectivity index (χ4n) is 3.26. The fourth-order valence-corrected chi connectivity index (χ4v) is 3.26. The molecule has 0 saturated carbocycles. The van der Waals surface area contributed by atoms with Gasteiger partial charge in [0, 0.05) is 43.7 Å². The molecule has 134 valence electrons. The standard InChI is InChI=1S/C19H26N4O2/c1-14-12-15(2)23(21-14)11-9-20-19(24)16-4-6-17(7-5-16)22-10-8-18(13-22)25-3/h4-7,12,18H,8-11,13H2,1-3H3,(H,20,24). The van der Waals surface area contributed by atoms with Gasteiger partial charge in [0.1, 0.15) is 0 Å². The number of rotatable bonds is 6. The molecule has 25 heavy (non-hydrogen) atoms. The Labute approximate surface area is 148 Å². The largest absolute Gasteiger partial charge is 0.380 e. The topological polar surface area (TPSA) is 59.4 Å². The Hall–Kier alpha value is -2.34. The smallest absolute Gasteiger partial charge is 0.251 e. The molecule has 1 aliphatic heterocycles. The maximum Gasteiger partial charge on any atom is 0.251 e. The number of hydrogen-bond acceptors (Lipinski definition) is 4. The molecule has 0 spiro atoms. The third-order valence-corrected chi connectivity index (χ3v) is 4.69. The van der Waals surface area contributed by atoms with E-state index < -0.39 is 0 Å². The number of carbonyl (C=O) groups is 1. The predicted molar refractivity (Wildman–Crippen MR) is 98.1 cm³/mol. The van der Waals surface area contributed by atoms with Crippen LogP contribution in [-0.2, 0) is 11.3 Å². The molecule has 0 aliphatic carbocycles. The van der Waals surface area contributed by atoms with Gasteiger partial charge in [0.25, 0.3) is 5.91 Å². The lowest BCUT2D eigenvalue weighted by molar-refractivity contribution is 0.0952. The summed E-state index contributed by atoms with van der Waals surface area (Å²) in [5, 5.41) is 7.35. The van der Waals surface area contributed by atoms with Gasteiger partial charge in [0.2, 0.25) is 0 Å². The molecule has 6 nitrogen and oxygen atoms in total. The zero-order chi connectivity index (χ0) is 17.8. The Balaban J connectivity index is 1.51. The van der Waals surface area contributed by atoms with E-state index in [2.05, 4.69) is 15.3 Å². The average Bonchev–Trinajstić information content (AvgIpc) is 3.21. The van der Waals surface area contributed by atoms with E-state index in [9.17, 15) is 4.79 Å². The summed E-state index contributed by atoms with van der Waals surface area (Å²) in [6.45, 7) is 7.13. The van der Waals surface area contributed by atoms with Crippen molar-refractivity contribution in [2.45, 2.75) is 32.9 Å². The molecule has 1 aromatic heterocycles. The fraction of sp³-hybridized carbons (Fsp3) is 0.474. The van der Waals surface area contributed by atoms with Gasteiger partial charge in [-0.2, -0.15) is 5.10 Å². The minimum absolute atomic E-state index is 0.0516. The summed E-state index contributed by atoms with van der Waals surface area (Å²) in [5.41, 5.74) is 3.92. The van der Waals surface area contributed by atoms with E-state index in [0.29, 0.717) is 24.8 Å². The van der Waals surface area contributed by atoms with Crippen molar-refractivity contribution >= 4 is 11.6 Å². The second-order valence-corrected chi connectivity index (χ2v) is 6.55. The number of nitrogens with one attached hydrogen (secondary N) is 1. The van der Waals surface area contributed by atoms with Gasteiger partial charge >= 0.3 is 0 Å². The summed E-state index contributed by atoms with van der Waals surface area (Å²) in [6.07, 6.45) is 1.35. The number of benzene rings is 1. The van der Waals surface area contributed by atoms with Crippen LogP contribution in [-0.4, -0.2) is 48.5 Å². The van der Waals surface area contributed by atoms with Crippen LogP contribution in [0.2, 0.25) is 0 Å². The van der Waals surface area contributed by atoms with E-state index in [1.54, 1.807) is 7.11 Å². The maximum absolute atomic E-state index is 12.3. The molecule has 1 saturated heterocycles. The minimum Gasteiger partial charge on any atom is -0.380 e. The van der Waals surface area contributed by atoms with Crippen molar-refractivity contribution in [3.63, 3.8) is 0 Å².